The Morgan fingerprint density at radius 2 is 1.89 bits per heavy atom. The number of benzene rings is 2. The van der Waals surface area contributed by atoms with Crippen LogP contribution in [0.25, 0.3) is 0 Å². The molecule has 2 aromatic rings. The number of carbonyl (C=O) groups excluding carboxylic acids is 2. The average Bonchev–Trinajstić information content (AvgIpc) is 3.15. The Balaban J connectivity index is 1.40. The fourth-order valence-corrected chi connectivity index (χ4v) is 6.78. The highest BCUT2D eigenvalue weighted by atomic mass is 16.5. The number of nitrogens with zero attached hydrogens (tertiary/aromatic N) is 1. The van der Waals surface area contributed by atoms with E-state index in [1.807, 2.05) is 49.4 Å². The summed E-state index contributed by atoms with van der Waals surface area (Å²) in [4.78, 5) is 29.6. The molecule has 3 saturated heterocycles. The normalized spacial score (nSPS) is 29.3. The molecule has 4 bridgehead atoms. The molecule has 35 heavy (non-hydrogen) atoms. The minimum atomic E-state index is -0.839. The van der Waals surface area contributed by atoms with Crippen molar-refractivity contribution in [1.29, 1.82) is 0 Å². The molecule has 2 aromatic carbocycles. The van der Waals surface area contributed by atoms with Crippen LogP contribution in [0, 0.1) is 23.7 Å². The van der Waals surface area contributed by atoms with Gasteiger partial charge in [0.1, 0.15) is 11.3 Å². The lowest BCUT2D eigenvalue weighted by Gasteiger charge is -2.55. The number of amides is 2. The van der Waals surface area contributed by atoms with Crippen molar-refractivity contribution in [3.05, 3.63) is 65.7 Å². The summed E-state index contributed by atoms with van der Waals surface area (Å²) in [7, 11) is 0. The van der Waals surface area contributed by atoms with E-state index >= 15 is 0 Å². The van der Waals surface area contributed by atoms with E-state index in [0.717, 1.165) is 37.2 Å². The first-order chi connectivity index (χ1) is 16.9. The van der Waals surface area contributed by atoms with E-state index in [2.05, 4.69) is 41.5 Å². The Labute approximate surface area is 208 Å². The summed E-state index contributed by atoms with van der Waals surface area (Å²) < 4.78 is 5.60. The van der Waals surface area contributed by atoms with E-state index in [-0.39, 0.29) is 35.6 Å². The molecule has 1 aliphatic carbocycles. The molecule has 0 radical (unpaired) electrons. The van der Waals surface area contributed by atoms with E-state index < -0.39 is 5.54 Å². The topological polar surface area (TPSA) is 70.7 Å². The standard InChI is InChI=1S/C29H37N3O3/c1-4-35-23-12-10-21(11-13-23)17-32-18-22-15-29(28(34)30-16-20-8-6-5-7-9-20)24(14-19(2)3)26(32)25(22)27(33)31-29/h5-13,19,22,24-26H,4,14-18H2,1-3H3,(H,30,34)(H,31,33)/t22-,24-,25-,26-,29+/m1/s1. The Hall–Kier alpha value is -2.86. The van der Waals surface area contributed by atoms with Crippen molar-refractivity contribution in [3.8, 4) is 5.75 Å². The van der Waals surface area contributed by atoms with Gasteiger partial charge in [-0.3, -0.25) is 14.5 Å². The van der Waals surface area contributed by atoms with Crippen LogP contribution in [0.15, 0.2) is 54.6 Å². The summed E-state index contributed by atoms with van der Waals surface area (Å²) >= 11 is 0. The van der Waals surface area contributed by atoms with E-state index in [1.54, 1.807) is 0 Å². The second-order valence-electron chi connectivity index (χ2n) is 10.9. The second kappa shape index (κ2) is 9.65. The molecule has 2 N–H and O–H groups in total. The van der Waals surface area contributed by atoms with Gasteiger partial charge in [0.05, 0.1) is 12.5 Å². The van der Waals surface area contributed by atoms with E-state index in [4.69, 9.17) is 4.74 Å². The highest BCUT2D eigenvalue weighted by molar-refractivity contribution is 5.96. The summed E-state index contributed by atoms with van der Waals surface area (Å²) in [6, 6.07) is 18.3. The number of hydrogen-bond acceptors (Lipinski definition) is 4. The maximum absolute atomic E-state index is 13.8. The molecule has 0 unspecified atom stereocenters. The first kappa shape index (κ1) is 23.9. The molecule has 3 heterocycles. The van der Waals surface area contributed by atoms with Gasteiger partial charge in [0, 0.05) is 31.6 Å². The third kappa shape index (κ3) is 4.44. The lowest BCUT2D eigenvalue weighted by atomic mass is 9.57. The largest absolute Gasteiger partial charge is 0.494 e. The lowest BCUT2D eigenvalue weighted by Crippen LogP contribution is -2.75. The van der Waals surface area contributed by atoms with E-state index in [9.17, 15) is 9.59 Å². The number of piperidine rings is 2. The average molecular weight is 476 g/mol. The summed E-state index contributed by atoms with van der Waals surface area (Å²) in [5.74, 6) is 1.59. The summed E-state index contributed by atoms with van der Waals surface area (Å²) in [5, 5.41) is 6.41. The van der Waals surface area contributed by atoms with Gasteiger partial charge < -0.3 is 15.4 Å². The molecule has 3 aliphatic heterocycles. The number of hydrogen-bond donors (Lipinski definition) is 2. The maximum Gasteiger partial charge on any atom is 0.246 e. The third-order valence-corrected chi connectivity index (χ3v) is 8.09. The van der Waals surface area contributed by atoms with Gasteiger partial charge in [0.25, 0.3) is 0 Å². The van der Waals surface area contributed by atoms with Gasteiger partial charge in [-0.05, 0) is 54.9 Å². The number of nitrogens with one attached hydrogen (secondary N) is 2. The number of carbonyl (C=O) groups is 2. The summed E-state index contributed by atoms with van der Waals surface area (Å²) in [5.41, 5.74) is 1.44. The van der Waals surface area contributed by atoms with Crippen LogP contribution in [-0.4, -0.2) is 41.4 Å². The van der Waals surface area contributed by atoms with Crippen LogP contribution >= 0.6 is 0 Å². The molecular weight excluding hydrogens is 438 g/mol. The predicted molar refractivity (Wildman–Crippen MR) is 136 cm³/mol. The molecule has 1 saturated carbocycles. The molecule has 186 valence electrons. The number of ether oxygens (including phenoxy) is 1. The summed E-state index contributed by atoms with van der Waals surface area (Å²) in [6.07, 6.45) is 1.63. The van der Waals surface area contributed by atoms with Crippen molar-refractivity contribution in [3.63, 3.8) is 0 Å². The second-order valence-corrected chi connectivity index (χ2v) is 10.9. The van der Waals surface area contributed by atoms with Crippen LogP contribution in [0.4, 0.5) is 0 Å². The van der Waals surface area contributed by atoms with Gasteiger partial charge >= 0.3 is 0 Å². The summed E-state index contributed by atoms with van der Waals surface area (Å²) in [6.45, 7) is 9.18. The van der Waals surface area contributed by atoms with Gasteiger partial charge in [0.15, 0.2) is 0 Å². The van der Waals surface area contributed by atoms with Crippen LogP contribution < -0.4 is 15.4 Å². The highest BCUT2D eigenvalue weighted by Gasteiger charge is 2.67. The van der Waals surface area contributed by atoms with Crippen molar-refractivity contribution >= 4 is 11.8 Å². The molecule has 0 spiro atoms. The number of fused-ring (bicyclic) bond motifs is 1. The Bertz CT molecular complexity index is 1050. The monoisotopic (exact) mass is 475 g/mol. The van der Waals surface area contributed by atoms with Gasteiger partial charge in [-0.15, -0.1) is 0 Å². The Kier molecular flexibility index (Phi) is 6.58. The smallest absolute Gasteiger partial charge is 0.246 e. The highest BCUT2D eigenvalue weighted by Crippen LogP contribution is 2.54. The van der Waals surface area contributed by atoms with Crippen molar-refractivity contribution in [2.24, 2.45) is 23.7 Å². The molecule has 6 rings (SSSR count). The first-order valence-electron chi connectivity index (χ1n) is 13.0. The molecule has 2 amide bonds. The van der Waals surface area contributed by atoms with Crippen molar-refractivity contribution < 1.29 is 14.3 Å². The predicted octanol–water partition coefficient (Wildman–Crippen LogP) is 3.75. The molecule has 6 nitrogen and oxygen atoms in total. The zero-order valence-electron chi connectivity index (χ0n) is 21.0. The van der Waals surface area contributed by atoms with Crippen LogP contribution in [0.3, 0.4) is 0 Å². The van der Waals surface area contributed by atoms with Crippen molar-refractivity contribution in [2.45, 2.75) is 58.3 Å². The van der Waals surface area contributed by atoms with Crippen molar-refractivity contribution in [1.82, 2.24) is 15.5 Å². The van der Waals surface area contributed by atoms with Crippen molar-refractivity contribution in [2.75, 3.05) is 13.2 Å². The van der Waals surface area contributed by atoms with Crippen LogP contribution in [0.5, 0.6) is 5.75 Å². The van der Waals surface area contributed by atoms with Crippen LogP contribution in [-0.2, 0) is 22.7 Å². The molecule has 5 atom stereocenters. The lowest BCUT2D eigenvalue weighted by molar-refractivity contribution is -0.155. The maximum atomic E-state index is 13.8. The third-order valence-electron chi connectivity index (χ3n) is 8.09. The van der Waals surface area contributed by atoms with Gasteiger partial charge in [0.2, 0.25) is 11.8 Å². The molecular formula is C29H37N3O3. The Morgan fingerprint density at radius 3 is 2.57 bits per heavy atom. The van der Waals surface area contributed by atoms with Crippen LogP contribution in [0.2, 0.25) is 0 Å². The molecule has 0 aromatic heterocycles. The number of likely N-dealkylation sites (tertiary alicyclic amines) is 1. The minimum Gasteiger partial charge on any atom is -0.494 e. The molecule has 4 fully saturated rings. The Morgan fingerprint density at radius 1 is 1.14 bits per heavy atom. The number of rotatable bonds is 9. The minimum absolute atomic E-state index is 0.0311. The quantitative estimate of drug-likeness (QED) is 0.580. The SMILES string of the molecule is CCOc1ccc(CN2C[C@H]3C[C@]4(C(=O)NCc5ccccc5)NC(=O)[C@H]3[C@H]2[C@H]4CC(C)C)cc1. The molecule has 4 aliphatic rings. The van der Waals surface area contributed by atoms with Gasteiger partial charge in [-0.25, -0.2) is 0 Å². The van der Waals surface area contributed by atoms with Gasteiger partial charge in [-0.1, -0.05) is 56.3 Å². The zero-order valence-corrected chi connectivity index (χ0v) is 21.0. The van der Waals surface area contributed by atoms with E-state index in [0.29, 0.717) is 19.1 Å². The molecule has 6 heteroatoms. The first-order valence-corrected chi connectivity index (χ1v) is 13.0. The van der Waals surface area contributed by atoms with Crippen LogP contribution in [0.1, 0.15) is 44.7 Å². The van der Waals surface area contributed by atoms with E-state index in [1.165, 1.54) is 5.56 Å². The fraction of sp³-hybridized carbons (Fsp3) is 0.517. The zero-order chi connectivity index (χ0) is 24.6. The van der Waals surface area contributed by atoms with Gasteiger partial charge in [-0.2, -0.15) is 0 Å². The fourth-order valence-electron chi connectivity index (χ4n) is 6.78.